The molecule has 0 spiro atoms. The third-order valence-corrected chi connectivity index (χ3v) is 27.3. The van der Waals surface area contributed by atoms with E-state index in [1.165, 1.54) is 80.3 Å². The van der Waals surface area contributed by atoms with Gasteiger partial charge in [-0.05, 0) is 172 Å². The number of aromatic nitrogens is 3. The fourth-order valence-corrected chi connectivity index (χ4v) is 18.7. The van der Waals surface area contributed by atoms with Crippen LogP contribution < -0.4 is 32.1 Å². The van der Waals surface area contributed by atoms with E-state index in [9.17, 15) is 77.6 Å². The smallest absolute Gasteiger partial charge is 0.426 e. The number of carboxylic acid groups (broad SMARTS) is 1. The van der Waals surface area contributed by atoms with E-state index >= 15 is 0 Å². The molecule has 5 heterocycles. The summed E-state index contributed by atoms with van der Waals surface area (Å²) in [4.78, 5) is 194. The van der Waals surface area contributed by atoms with Gasteiger partial charge in [0.1, 0.15) is 56.6 Å². The standard InChI is InChI=1S/C51H74N8O11S3.C43H65N5O10S/c1-10-33(6)45(55-48(65)40-15-12-14-22-58(40)9)50(66)59(30-69-44(62)25-31(2)3)41(32(4)5)28-42(70-35(8)60)49-54-39(29-71-49)47(64)53-37(27-36-17-19-38(61)20-18-36)26-34(7)46(63)56-57-51(67)68-23-24-72-73-43-16-11-13-21-52-43;1-10-27(6)38(46-40(53)34-13-11-12-18-47(34)9)42(54)48(24-57-37(51)19-25(2)3)35(26(4)5)22-36(58-29(8)49)41-45-33(23-59-41)39(52)44-31(20-28(7)43(55)56)21-30-14-16-32(50)17-15-30/h11,13,16-21,29,31-34,37,40-42,45,61H,10,12,14-15,22-28,30H2,1-9H3,(H,53,64)(H,55,65)(H,56,63)(H,57,67);14-17,23,25-28,31,34-36,38,50H,10-13,18-22,24H2,1-9H3,(H,44,52)(H,46,53)(H,55,56)/t33?,34-,37+,40+,41+,42+,45-;27?,28-,31+,34+,35+,36+,38-/m00/s1. The first-order valence-corrected chi connectivity index (χ1v) is 49.7. The first-order valence-electron chi connectivity index (χ1n) is 45.6. The number of hydrogen-bond acceptors (Lipinski definition) is 29. The molecule has 730 valence electrons. The maximum Gasteiger partial charge on any atom is 0.426 e. The van der Waals surface area contributed by atoms with Gasteiger partial charge in [0, 0.05) is 92.3 Å². The average molecular weight is 1920 g/mol. The summed E-state index contributed by atoms with van der Waals surface area (Å²) in [7, 11) is 6.71. The Morgan fingerprint density at radius 1 is 0.538 bits per heavy atom. The fraction of sp³-hybridized carbons (Fsp3) is 0.617. The number of hydrazine groups is 1. The third kappa shape index (κ3) is 37.4. The number of aliphatic carboxylic acids is 1. The number of thiazole rings is 2. The highest BCUT2D eigenvalue weighted by atomic mass is 33.1. The number of ether oxygens (including phenoxy) is 5. The van der Waals surface area contributed by atoms with Crippen LogP contribution in [0.5, 0.6) is 11.5 Å². The largest absolute Gasteiger partial charge is 0.508 e. The van der Waals surface area contributed by atoms with Crippen molar-refractivity contribution in [1.29, 1.82) is 0 Å². The molecule has 0 bridgehead atoms. The predicted molar refractivity (Wildman–Crippen MR) is 504 cm³/mol. The number of rotatable bonds is 49. The highest BCUT2D eigenvalue weighted by molar-refractivity contribution is 8.76. The van der Waals surface area contributed by atoms with Crippen LogP contribution in [0.3, 0.4) is 0 Å². The molecule has 34 nitrogen and oxygen atoms in total. The van der Waals surface area contributed by atoms with Crippen LogP contribution in [-0.2, 0) is 84.5 Å². The number of carbonyl (C=O) groups excluding carboxylic acids is 12. The Balaban J connectivity index is 0.000000416. The Morgan fingerprint density at radius 2 is 0.962 bits per heavy atom. The number of amides is 8. The first-order chi connectivity index (χ1) is 62.6. The Bertz CT molecular complexity index is 4520. The van der Waals surface area contributed by atoms with Crippen LogP contribution in [-0.4, -0.2) is 229 Å². The minimum Gasteiger partial charge on any atom is -0.508 e. The summed E-state index contributed by atoms with van der Waals surface area (Å²) in [5.41, 5.74) is 6.24. The number of hydrogen-bond donors (Lipinski definition) is 9. The lowest BCUT2D eigenvalue weighted by Crippen LogP contribution is -2.59. The Morgan fingerprint density at radius 3 is 1.33 bits per heavy atom. The molecule has 7 rings (SSSR count). The molecule has 14 atom stereocenters. The SMILES string of the molecule is CCC(C)[C@H](NC(=O)[C@H]1CCCCN1C)C(=O)N(COC(=O)CC(C)C)[C@H](C[C@@H](OC(C)=O)c1nc(C(=O)N[C@@H](Cc2ccc(O)cc2)C[C@H](C)C(=O)NNC(=O)OCCSSc2ccccn2)cs1)C(C)C.CCC(C)[C@H](NC(=O)[C@H]1CCCCN1C)C(=O)N(COC(=O)CC(C)C)[C@H](C[C@@H](OC(C)=O)c1nc(C(=O)N[C@@H](Cc2ccc(O)cc2)C[C@H](C)C(=O)O)cs1)C(C)C. The van der Waals surface area contributed by atoms with Crippen LogP contribution in [0.15, 0.2) is 88.7 Å². The molecule has 2 saturated heterocycles. The fourth-order valence-electron chi connectivity index (χ4n) is 15.3. The van der Waals surface area contributed by atoms with Crippen molar-refractivity contribution in [2.45, 2.75) is 279 Å². The third-order valence-electron chi connectivity index (χ3n) is 23.2. The minimum atomic E-state index is -1.05. The Kier molecular flexibility index (Phi) is 47.2. The van der Waals surface area contributed by atoms with Gasteiger partial charge in [-0.3, -0.25) is 72.8 Å². The van der Waals surface area contributed by atoms with E-state index in [-0.39, 0.29) is 133 Å². The summed E-state index contributed by atoms with van der Waals surface area (Å²) in [6.07, 6.45) is 6.14. The lowest BCUT2D eigenvalue weighted by Gasteiger charge is -2.39. The summed E-state index contributed by atoms with van der Waals surface area (Å²) in [5, 5.41) is 45.7. The Labute approximate surface area is 792 Å². The molecule has 5 aromatic rings. The number of likely N-dealkylation sites (tertiary alicyclic amines) is 2. The molecule has 2 aromatic carbocycles. The number of nitrogens with one attached hydrogen (secondary N) is 6. The number of phenols is 2. The van der Waals surface area contributed by atoms with Crippen molar-refractivity contribution in [2.75, 3.05) is 53.0 Å². The molecule has 2 aliphatic heterocycles. The number of esters is 4. The quantitative estimate of drug-likeness (QED) is 0.00436. The van der Waals surface area contributed by atoms with Crippen molar-refractivity contribution in [3.05, 3.63) is 116 Å². The number of phenolic OH excluding ortho intramolecular Hbond substituents is 2. The predicted octanol–water partition coefficient (Wildman–Crippen LogP) is 12.9. The molecular formula is C94H139N13O21S4. The van der Waals surface area contributed by atoms with Gasteiger partial charge >= 0.3 is 35.9 Å². The van der Waals surface area contributed by atoms with Crippen LogP contribution in [0, 0.1) is 47.3 Å². The van der Waals surface area contributed by atoms with Gasteiger partial charge in [0.15, 0.2) is 25.7 Å². The molecule has 0 saturated carbocycles. The highest BCUT2D eigenvalue weighted by Crippen LogP contribution is 2.36. The molecule has 38 heteroatoms. The first kappa shape index (κ1) is 111. The van der Waals surface area contributed by atoms with Gasteiger partial charge < -0.3 is 70.1 Å². The second-order valence-corrected chi connectivity index (χ2v) is 40.0. The summed E-state index contributed by atoms with van der Waals surface area (Å²) in [6, 6.07) is 13.1. The average Bonchev–Trinajstić information content (AvgIpc) is 1.23. The summed E-state index contributed by atoms with van der Waals surface area (Å²) < 4.78 is 28.4. The summed E-state index contributed by atoms with van der Waals surface area (Å²) in [6.45, 7) is 29.3. The van der Waals surface area contributed by atoms with Crippen LogP contribution >= 0.6 is 44.3 Å². The molecule has 2 aliphatic rings. The zero-order valence-electron chi connectivity index (χ0n) is 79.5. The van der Waals surface area contributed by atoms with Gasteiger partial charge in [0.25, 0.3) is 11.8 Å². The minimum absolute atomic E-state index is 0.00373. The van der Waals surface area contributed by atoms with Crippen LogP contribution in [0.1, 0.15) is 255 Å². The molecule has 132 heavy (non-hydrogen) atoms. The molecule has 0 radical (unpaired) electrons. The number of nitrogens with zero attached hydrogens (tertiary/aromatic N) is 7. The number of piperidine rings is 2. The molecule has 2 fully saturated rings. The van der Waals surface area contributed by atoms with Crippen molar-refractivity contribution < 1.29 is 101 Å². The van der Waals surface area contributed by atoms with E-state index in [1.54, 1.807) is 44.3 Å². The molecule has 0 aliphatic carbocycles. The maximum absolute atomic E-state index is 15.0. The van der Waals surface area contributed by atoms with Gasteiger partial charge in [-0.15, -0.1) is 22.7 Å². The van der Waals surface area contributed by atoms with E-state index in [4.69, 9.17) is 23.7 Å². The van der Waals surface area contributed by atoms with Crippen molar-refractivity contribution in [1.82, 2.24) is 66.7 Å². The Hall–Kier alpha value is -10.0. The van der Waals surface area contributed by atoms with Crippen LogP contribution in [0.4, 0.5) is 4.79 Å². The van der Waals surface area contributed by atoms with Crippen molar-refractivity contribution >= 4 is 122 Å². The van der Waals surface area contributed by atoms with E-state index in [2.05, 4.69) is 47.1 Å². The lowest BCUT2D eigenvalue weighted by atomic mass is 9.92. The van der Waals surface area contributed by atoms with E-state index < -0.39 is 145 Å². The molecule has 3 aromatic heterocycles. The second kappa shape index (κ2) is 56.2. The van der Waals surface area contributed by atoms with Gasteiger partial charge in [-0.1, -0.05) is 164 Å². The van der Waals surface area contributed by atoms with E-state index in [0.717, 1.165) is 77.6 Å². The number of likely N-dealkylation sites (N-methyl/N-ethyl adjacent to an activating group) is 2. The zero-order chi connectivity index (χ0) is 97.6. The van der Waals surface area contributed by atoms with Crippen LogP contribution in [0.2, 0.25) is 0 Å². The lowest BCUT2D eigenvalue weighted by molar-refractivity contribution is -0.162. The molecule has 9 N–H and O–H groups in total. The van der Waals surface area contributed by atoms with Crippen molar-refractivity contribution in [2.24, 2.45) is 47.3 Å². The van der Waals surface area contributed by atoms with E-state index in [0.29, 0.717) is 42.9 Å². The molecule has 8 amide bonds. The molecular weight excluding hydrogens is 1780 g/mol. The molecule has 2 unspecified atom stereocenters. The van der Waals surface area contributed by atoms with Crippen molar-refractivity contribution in [3.8, 4) is 11.5 Å². The normalized spacial score (nSPS) is 16.8. The summed E-state index contributed by atoms with van der Waals surface area (Å²) in [5.74, 6) is -8.25. The highest BCUT2D eigenvalue weighted by Gasteiger charge is 2.43. The number of aromatic hydroxyl groups is 2. The van der Waals surface area contributed by atoms with Crippen LogP contribution in [0.25, 0.3) is 0 Å². The van der Waals surface area contributed by atoms with Gasteiger partial charge in [0.2, 0.25) is 29.5 Å². The summed E-state index contributed by atoms with van der Waals surface area (Å²) >= 11 is 2.18. The topological polar surface area (TPSA) is 453 Å². The zero-order valence-corrected chi connectivity index (χ0v) is 82.8. The second-order valence-electron chi connectivity index (χ2n) is 35.8. The number of benzene rings is 2. The number of carboxylic acids is 1. The van der Waals surface area contributed by atoms with Gasteiger partial charge in [-0.2, -0.15) is 0 Å². The maximum atomic E-state index is 15.0. The van der Waals surface area contributed by atoms with Crippen molar-refractivity contribution in [3.63, 3.8) is 0 Å². The number of carbonyl (C=O) groups is 13. The van der Waals surface area contributed by atoms with Gasteiger partial charge in [-0.25, -0.2) is 25.2 Å². The van der Waals surface area contributed by atoms with E-state index in [1.807, 2.05) is 125 Å². The van der Waals surface area contributed by atoms with Gasteiger partial charge in [0.05, 0.1) is 18.0 Å². The monoisotopic (exact) mass is 1910 g/mol. The number of pyridine rings is 1.